The van der Waals surface area contributed by atoms with E-state index in [2.05, 4.69) is 13.8 Å². The number of morpholine rings is 1. The van der Waals surface area contributed by atoms with Gasteiger partial charge >= 0.3 is 0 Å². The summed E-state index contributed by atoms with van der Waals surface area (Å²) in [6.07, 6.45) is 2.44. The summed E-state index contributed by atoms with van der Waals surface area (Å²) in [5, 5.41) is 0. The molecule has 5 heteroatoms. The summed E-state index contributed by atoms with van der Waals surface area (Å²) < 4.78 is 11.2. The molecular weight excluding hydrogens is 244 g/mol. The first-order valence-electron chi connectivity index (χ1n) is 7.35. The summed E-state index contributed by atoms with van der Waals surface area (Å²) in [6, 6.07) is 0.196. The van der Waals surface area contributed by atoms with Crippen molar-refractivity contribution in [1.29, 1.82) is 0 Å². The molecule has 2 aliphatic heterocycles. The molecule has 0 aromatic rings. The van der Waals surface area contributed by atoms with Gasteiger partial charge in [-0.2, -0.15) is 0 Å². The molecule has 2 saturated heterocycles. The summed E-state index contributed by atoms with van der Waals surface area (Å²) in [4.78, 5) is 14.5. The Labute approximate surface area is 115 Å². The first kappa shape index (κ1) is 14.8. The fourth-order valence-corrected chi connectivity index (χ4v) is 2.93. The van der Waals surface area contributed by atoms with E-state index in [4.69, 9.17) is 15.2 Å². The van der Waals surface area contributed by atoms with Crippen molar-refractivity contribution in [3.05, 3.63) is 0 Å². The molecule has 0 saturated carbocycles. The third-order valence-corrected chi connectivity index (χ3v) is 3.90. The standard InChI is InChI=1S/C14H26N2O3/c1-10(2)7-11-9-18-6-5-16(11)14(17)13-4-3-12(8-15)19-13/h10-13H,3-9,15H2,1-2H3/t11?,12-,13+/m1/s1. The fraction of sp³-hybridized carbons (Fsp3) is 0.929. The van der Waals surface area contributed by atoms with Crippen LogP contribution >= 0.6 is 0 Å². The number of hydrogen-bond donors (Lipinski definition) is 1. The van der Waals surface area contributed by atoms with Crippen LogP contribution in [0.4, 0.5) is 0 Å². The van der Waals surface area contributed by atoms with Crippen molar-refractivity contribution >= 4 is 5.91 Å². The summed E-state index contributed by atoms with van der Waals surface area (Å²) in [6.45, 7) is 6.82. The smallest absolute Gasteiger partial charge is 0.252 e. The second-order valence-electron chi connectivity index (χ2n) is 5.95. The number of rotatable bonds is 4. The normalized spacial score (nSPS) is 32.0. The first-order valence-corrected chi connectivity index (χ1v) is 7.35. The Balaban J connectivity index is 1.95. The van der Waals surface area contributed by atoms with Gasteiger partial charge in [0.2, 0.25) is 0 Å². The van der Waals surface area contributed by atoms with Gasteiger partial charge < -0.3 is 20.1 Å². The number of carbonyl (C=O) groups is 1. The van der Waals surface area contributed by atoms with E-state index in [0.717, 1.165) is 19.3 Å². The van der Waals surface area contributed by atoms with Gasteiger partial charge in [0, 0.05) is 13.1 Å². The lowest BCUT2D eigenvalue weighted by molar-refractivity contribution is -0.152. The van der Waals surface area contributed by atoms with Crippen LogP contribution in [0.25, 0.3) is 0 Å². The molecule has 19 heavy (non-hydrogen) atoms. The largest absolute Gasteiger partial charge is 0.377 e. The summed E-state index contributed by atoms with van der Waals surface area (Å²) in [5.41, 5.74) is 5.60. The van der Waals surface area contributed by atoms with Crippen LogP contribution in [0.5, 0.6) is 0 Å². The van der Waals surface area contributed by atoms with Gasteiger partial charge in [-0.3, -0.25) is 4.79 Å². The SMILES string of the molecule is CC(C)CC1COCCN1C(=O)[C@@H]1CC[C@H](CN)O1. The molecule has 2 aliphatic rings. The highest BCUT2D eigenvalue weighted by molar-refractivity contribution is 5.81. The quantitative estimate of drug-likeness (QED) is 0.819. The van der Waals surface area contributed by atoms with Crippen LogP contribution < -0.4 is 5.73 Å². The molecule has 0 spiro atoms. The van der Waals surface area contributed by atoms with Crippen molar-refractivity contribution in [2.75, 3.05) is 26.3 Å². The Morgan fingerprint density at radius 3 is 2.84 bits per heavy atom. The van der Waals surface area contributed by atoms with Crippen LogP contribution in [0.3, 0.4) is 0 Å². The van der Waals surface area contributed by atoms with Crippen LogP contribution in [0.15, 0.2) is 0 Å². The minimum Gasteiger partial charge on any atom is -0.377 e. The van der Waals surface area contributed by atoms with Crippen LogP contribution in [-0.2, 0) is 14.3 Å². The Hall–Kier alpha value is -0.650. The highest BCUT2D eigenvalue weighted by Gasteiger charge is 2.36. The number of ether oxygens (including phenoxy) is 2. The van der Waals surface area contributed by atoms with Crippen LogP contribution in [0, 0.1) is 5.92 Å². The molecule has 2 heterocycles. The lowest BCUT2D eigenvalue weighted by atomic mass is 10.0. The monoisotopic (exact) mass is 270 g/mol. The van der Waals surface area contributed by atoms with Gasteiger partial charge in [0.05, 0.1) is 25.4 Å². The highest BCUT2D eigenvalue weighted by atomic mass is 16.5. The molecule has 1 amide bonds. The van der Waals surface area contributed by atoms with Crippen molar-refractivity contribution in [2.24, 2.45) is 11.7 Å². The fourth-order valence-electron chi connectivity index (χ4n) is 2.93. The zero-order chi connectivity index (χ0) is 13.8. The molecule has 2 N–H and O–H groups in total. The van der Waals surface area contributed by atoms with E-state index in [9.17, 15) is 4.79 Å². The molecule has 0 aromatic heterocycles. The molecule has 110 valence electrons. The van der Waals surface area contributed by atoms with E-state index >= 15 is 0 Å². The minimum absolute atomic E-state index is 0.0542. The maximum absolute atomic E-state index is 12.6. The van der Waals surface area contributed by atoms with Gasteiger partial charge in [0.1, 0.15) is 6.10 Å². The Kier molecular flexibility index (Phi) is 5.19. The Morgan fingerprint density at radius 2 is 2.21 bits per heavy atom. The molecule has 1 unspecified atom stereocenters. The van der Waals surface area contributed by atoms with Crippen LogP contribution in [-0.4, -0.2) is 55.4 Å². The van der Waals surface area contributed by atoms with Gasteiger partial charge in [-0.05, 0) is 25.2 Å². The number of amides is 1. The molecule has 0 aliphatic carbocycles. The van der Waals surface area contributed by atoms with E-state index in [1.807, 2.05) is 4.90 Å². The predicted octanol–water partition coefficient (Wildman–Crippen LogP) is 0.766. The lowest BCUT2D eigenvalue weighted by Gasteiger charge is -2.37. The lowest BCUT2D eigenvalue weighted by Crippen LogP contribution is -2.52. The molecule has 0 radical (unpaired) electrons. The van der Waals surface area contributed by atoms with Gasteiger partial charge in [-0.25, -0.2) is 0 Å². The van der Waals surface area contributed by atoms with Crippen molar-refractivity contribution in [1.82, 2.24) is 4.90 Å². The number of nitrogens with two attached hydrogens (primary N) is 1. The molecule has 2 fully saturated rings. The maximum Gasteiger partial charge on any atom is 0.252 e. The molecule has 2 rings (SSSR count). The molecule has 0 bridgehead atoms. The van der Waals surface area contributed by atoms with Gasteiger partial charge in [-0.15, -0.1) is 0 Å². The summed E-state index contributed by atoms with van der Waals surface area (Å²) in [7, 11) is 0. The van der Waals surface area contributed by atoms with E-state index in [-0.39, 0.29) is 24.2 Å². The zero-order valence-corrected chi connectivity index (χ0v) is 12.0. The van der Waals surface area contributed by atoms with Crippen molar-refractivity contribution < 1.29 is 14.3 Å². The molecular formula is C14H26N2O3. The summed E-state index contributed by atoms with van der Waals surface area (Å²) in [5.74, 6) is 0.688. The maximum atomic E-state index is 12.6. The zero-order valence-electron chi connectivity index (χ0n) is 12.0. The number of hydrogen-bond acceptors (Lipinski definition) is 4. The van der Waals surface area contributed by atoms with Gasteiger partial charge in [0.25, 0.3) is 5.91 Å². The third kappa shape index (κ3) is 3.68. The predicted molar refractivity (Wildman–Crippen MR) is 72.7 cm³/mol. The number of carbonyl (C=O) groups excluding carboxylic acids is 1. The first-order chi connectivity index (χ1) is 9.11. The van der Waals surface area contributed by atoms with E-state index in [1.165, 1.54) is 0 Å². The van der Waals surface area contributed by atoms with Crippen LogP contribution in [0.2, 0.25) is 0 Å². The Bertz CT molecular complexity index is 309. The average molecular weight is 270 g/mol. The second-order valence-corrected chi connectivity index (χ2v) is 5.95. The number of nitrogens with zero attached hydrogens (tertiary/aromatic N) is 1. The molecule has 3 atom stereocenters. The third-order valence-electron chi connectivity index (χ3n) is 3.90. The van der Waals surface area contributed by atoms with Crippen molar-refractivity contribution in [3.63, 3.8) is 0 Å². The topological polar surface area (TPSA) is 64.8 Å². The van der Waals surface area contributed by atoms with Gasteiger partial charge in [0.15, 0.2) is 0 Å². The van der Waals surface area contributed by atoms with Crippen LogP contribution in [0.1, 0.15) is 33.1 Å². The van der Waals surface area contributed by atoms with E-state index in [0.29, 0.717) is 32.2 Å². The second kappa shape index (κ2) is 6.68. The highest BCUT2D eigenvalue weighted by Crippen LogP contribution is 2.24. The van der Waals surface area contributed by atoms with Crippen molar-refractivity contribution in [2.45, 2.75) is 51.4 Å². The molecule has 0 aromatic carbocycles. The summed E-state index contributed by atoms with van der Waals surface area (Å²) >= 11 is 0. The van der Waals surface area contributed by atoms with E-state index in [1.54, 1.807) is 0 Å². The van der Waals surface area contributed by atoms with Crippen molar-refractivity contribution in [3.8, 4) is 0 Å². The minimum atomic E-state index is -0.290. The Morgan fingerprint density at radius 1 is 1.42 bits per heavy atom. The van der Waals surface area contributed by atoms with E-state index < -0.39 is 0 Å². The van der Waals surface area contributed by atoms with Gasteiger partial charge in [-0.1, -0.05) is 13.8 Å². The average Bonchev–Trinajstić information content (AvgIpc) is 2.86. The molecule has 5 nitrogen and oxygen atoms in total.